The first-order chi connectivity index (χ1) is 38.6. The zero-order valence-corrected chi connectivity index (χ0v) is 50.5. The van der Waals surface area contributed by atoms with E-state index < -0.39 is 24.3 Å². The Morgan fingerprint density at radius 3 is 1.09 bits per heavy atom. The molecule has 0 saturated heterocycles. The van der Waals surface area contributed by atoms with E-state index >= 15 is 0 Å². The summed E-state index contributed by atoms with van der Waals surface area (Å²) >= 11 is 0. The number of allylic oxidation sites excluding steroid dienone is 26. The Hall–Kier alpha value is -5.09. The van der Waals surface area contributed by atoms with Gasteiger partial charge in [-0.15, -0.1) is 0 Å². The third kappa shape index (κ3) is 60.4. The van der Waals surface area contributed by atoms with Gasteiger partial charge in [0.05, 0.1) is 34.4 Å². The zero-order chi connectivity index (χ0) is 57.6. The fraction of sp³-hybridized carbons (Fsp3) is 0.586. The number of carboxylic acid groups (broad SMARTS) is 1. The Balaban J connectivity index is 4.32. The molecule has 9 nitrogen and oxygen atoms in total. The number of nitrogens with zero attached hydrogens (tertiary/aromatic N) is 1. The minimum atomic E-state index is -1.53. The van der Waals surface area contributed by atoms with Gasteiger partial charge in [-0.05, 0) is 128 Å². The molecule has 0 aliphatic heterocycles. The topological polar surface area (TPSA) is 108 Å². The van der Waals surface area contributed by atoms with Crippen LogP contribution in [0.5, 0.6) is 0 Å². The second kappa shape index (κ2) is 59.0. The number of carbonyl (C=O) groups excluding carboxylic acids is 2. The molecule has 0 aromatic rings. The summed E-state index contributed by atoms with van der Waals surface area (Å²) in [7, 11) is 5.94. The van der Waals surface area contributed by atoms with Gasteiger partial charge in [0.15, 0.2) is 6.10 Å². The lowest BCUT2D eigenvalue weighted by molar-refractivity contribution is -0.870. The van der Waals surface area contributed by atoms with Crippen molar-refractivity contribution in [3.63, 3.8) is 0 Å². The van der Waals surface area contributed by atoms with Crippen molar-refractivity contribution in [2.24, 2.45) is 0 Å². The lowest BCUT2D eigenvalue weighted by atomic mass is 10.1. The van der Waals surface area contributed by atoms with Crippen LogP contribution in [0.15, 0.2) is 158 Å². The first-order valence-corrected chi connectivity index (χ1v) is 30.6. The molecule has 0 rings (SSSR count). The molecule has 1 N–H and O–H groups in total. The molecule has 0 bridgehead atoms. The van der Waals surface area contributed by atoms with Gasteiger partial charge in [0.1, 0.15) is 13.2 Å². The van der Waals surface area contributed by atoms with Gasteiger partial charge in [-0.2, -0.15) is 0 Å². The van der Waals surface area contributed by atoms with E-state index in [1.54, 1.807) is 0 Å². The molecular formula is C70H112NO8+. The van der Waals surface area contributed by atoms with Gasteiger partial charge >= 0.3 is 17.9 Å². The third-order valence-corrected chi connectivity index (χ3v) is 12.3. The maximum Gasteiger partial charge on any atom is 0.361 e. The SMILES string of the molecule is CC/C=C\C/C=C\C/C=C\C/C=C\C/C=C\C/C=C\C/C=C\C/C=C\C/C=C\C/C=C\C/C=C\CCCCCC(=O)OC(COC(=O)CCCCCCCCC/C=C\C/C=C\CCCCC)COC(OCC[N+](C)(C)C)C(=O)O. The molecule has 0 spiro atoms. The van der Waals surface area contributed by atoms with Crippen molar-refractivity contribution in [1.82, 2.24) is 0 Å². The van der Waals surface area contributed by atoms with Crippen LogP contribution in [-0.2, 0) is 33.3 Å². The number of esters is 2. The summed E-state index contributed by atoms with van der Waals surface area (Å²) in [5, 5.41) is 9.70. The zero-order valence-electron chi connectivity index (χ0n) is 50.5. The van der Waals surface area contributed by atoms with Crippen molar-refractivity contribution in [2.45, 2.75) is 219 Å². The molecule has 0 heterocycles. The highest BCUT2D eigenvalue weighted by Gasteiger charge is 2.25. The minimum absolute atomic E-state index is 0.171. The summed E-state index contributed by atoms with van der Waals surface area (Å²) in [5.74, 6) is -2.08. The lowest BCUT2D eigenvalue weighted by Gasteiger charge is -2.25. The van der Waals surface area contributed by atoms with E-state index in [-0.39, 0.29) is 38.6 Å². The second-order valence-corrected chi connectivity index (χ2v) is 20.9. The van der Waals surface area contributed by atoms with Crippen LogP contribution >= 0.6 is 0 Å². The summed E-state index contributed by atoms with van der Waals surface area (Å²) in [6, 6.07) is 0. The molecular weight excluding hydrogens is 983 g/mol. The van der Waals surface area contributed by atoms with Gasteiger partial charge in [0.25, 0.3) is 6.29 Å². The van der Waals surface area contributed by atoms with Crippen molar-refractivity contribution in [3.8, 4) is 0 Å². The van der Waals surface area contributed by atoms with Gasteiger partial charge in [0.2, 0.25) is 0 Å². The molecule has 444 valence electrons. The van der Waals surface area contributed by atoms with Crippen molar-refractivity contribution in [3.05, 3.63) is 158 Å². The monoisotopic (exact) mass is 1090 g/mol. The number of aliphatic carboxylic acids is 1. The highest BCUT2D eigenvalue weighted by atomic mass is 16.7. The fourth-order valence-corrected chi connectivity index (χ4v) is 7.58. The van der Waals surface area contributed by atoms with Crippen LogP contribution in [0.3, 0.4) is 0 Å². The van der Waals surface area contributed by atoms with Crippen molar-refractivity contribution >= 4 is 17.9 Å². The maximum absolute atomic E-state index is 12.9. The summed E-state index contributed by atoms with van der Waals surface area (Å²) in [6.45, 7) is 4.66. The number of carboxylic acids is 1. The summed E-state index contributed by atoms with van der Waals surface area (Å²) in [4.78, 5) is 37.4. The molecule has 0 aromatic heterocycles. The third-order valence-electron chi connectivity index (χ3n) is 12.3. The van der Waals surface area contributed by atoms with Crippen molar-refractivity contribution < 1.29 is 42.9 Å². The van der Waals surface area contributed by atoms with Crippen LogP contribution in [0.4, 0.5) is 0 Å². The Kier molecular flexibility index (Phi) is 55.2. The number of unbranched alkanes of at least 4 members (excludes halogenated alkanes) is 13. The van der Waals surface area contributed by atoms with E-state index in [0.29, 0.717) is 17.4 Å². The number of carbonyl (C=O) groups is 3. The molecule has 2 atom stereocenters. The fourth-order valence-electron chi connectivity index (χ4n) is 7.58. The lowest BCUT2D eigenvalue weighted by Crippen LogP contribution is -2.40. The van der Waals surface area contributed by atoms with Gasteiger partial charge in [-0.25, -0.2) is 4.79 Å². The van der Waals surface area contributed by atoms with Crippen LogP contribution in [0.2, 0.25) is 0 Å². The van der Waals surface area contributed by atoms with E-state index in [0.717, 1.165) is 128 Å². The standard InChI is InChI=1S/C70H111NO8/c1-6-8-10-12-14-16-18-20-22-24-25-26-27-28-29-30-31-32-33-34-35-36-37-38-39-40-41-42-43-45-47-49-51-53-55-57-59-61-68(73)79-66(65-78-70(69(74)75)76-63-62-71(3,4)5)64-77-67(72)60-58-56-54-52-50-48-46-44-23-21-19-17-15-13-11-9-7-2/h8,10,14-17,20-23,25-26,28-29,31-32,34-35,37-38,40-41,43,45,49,51,66,70H,6-7,9,11-13,18-19,24,27,30,33,36,39,42,44,46-48,50,52-65H2,1-5H3/p+1/b10-8-,16-14-,17-15-,22-20-,23-21-,26-25-,29-28-,32-31-,35-34-,38-37-,41-40-,45-43-,51-49-. The molecule has 0 aliphatic rings. The molecule has 0 saturated carbocycles. The quantitative estimate of drug-likeness (QED) is 0.0211. The smallest absolute Gasteiger partial charge is 0.361 e. The van der Waals surface area contributed by atoms with E-state index in [4.69, 9.17) is 18.9 Å². The van der Waals surface area contributed by atoms with Gasteiger partial charge < -0.3 is 28.5 Å². The first-order valence-electron chi connectivity index (χ1n) is 30.6. The summed E-state index contributed by atoms with van der Waals surface area (Å²) in [5.41, 5.74) is 0. The normalized spacial score (nSPS) is 13.9. The van der Waals surface area contributed by atoms with Gasteiger partial charge in [0, 0.05) is 12.8 Å². The molecule has 0 radical (unpaired) electrons. The Bertz CT molecular complexity index is 1850. The number of hydrogen-bond acceptors (Lipinski definition) is 7. The average Bonchev–Trinajstić information content (AvgIpc) is 3.42. The molecule has 0 amide bonds. The molecule has 79 heavy (non-hydrogen) atoms. The van der Waals surface area contributed by atoms with E-state index in [2.05, 4.69) is 172 Å². The highest BCUT2D eigenvalue weighted by Crippen LogP contribution is 2.13. The van der Waals surface area contributed by atoms with Crippen LogP contribution < -0.4 is 0 Å². The number of ether oxygens (including phenoxy) is 4. The second-order valence-electron chi connectivity index (χ2n) is 20.9. The Labute approximate surface area is 483 Å². The highest BCUT2D eigenvalue weighted by molar-refractivity contribution is 5.71. The Morgan fingerprint density at radius 1 is 0.392 bits per heavy atom. The van der Waals surface area contributed by atoms with Gasteiger partial charge in [-0.1, -0.05) is 223 Å². The van der Waals surface area contributed by atoms with E-state index in [1.165, 1.54) is 44.9 Å². The number of likely N-dealkylation sites (N-methyl/N-ethyl adjacent to an activating group) is 1. The predicted octanol–water partition coefficient (Wildman–Crippen LogP) is 18.6. The van der Waals surface area contributed by atoms with Gasteiger partial charge in [-0.3, -0.25) is 9.59 Å². The number of rotatable bonds is 54. The van der Waals surface area contributed by atoms with Crippen LogP contribution in [0.25, 0.3) is 0 Å². The van der Waals surface area contributed by atoms with Crippen molar-refractivity contribution in [2.75, 3.05) is 47.5 Å². The number of quaternary nitrogens is 1. The van der Waals surface area contributed by atoms with Crippen molar-refractivity contribution in [1.29, 1.82) is 0 Å². The molecule has 9 heteroatoms. The predicted molar refractivity (Wildman–Crippen MR) is 336 cm³/mol. The minimum Gasteiger partial charge on any atom is -0.477 e. The number of hydrogen-bond donors (Lipinski definition) is 1. The van der Waals surface area contributed by atoms with Crippen LogP contribution in [-0.4, -0.2) is 87.4 Å². The summed E-state index contributed by atoms with van der Waals surface area (Å²) < 4.78 is 22.8. The molecule has 0 aliphatic carbocycles. The largest absolute Gasteiger partial charge is 0.477 e. The van der Waals surface area contributed by atoms with Crippen LogP contribution in [0, 0.1) is 0 Å². The molecule has 2 unspecified atom stereocenters. The van der Waals surface area contributed by atoms with E-state index in [9.17, 15) is 19.5 Å². The maximum atomic E-state index is 12.9. The van der Waals surface area contributed by atoms with Crippen LogP contribution in [0.1, 0.15) is 206 Å². The molecule has 0 fully saturated rings. The average molecular weight is 1100 g/mol. The first kappa shape index (κ1) is 73.9. The Morgan fingerprint density at radius 2 is 0.722 bits per heavy atom. The summed E-state index contributed by atoms with van der Waals surface area (Å²) in [6.07, 6.45) is 84.7. The van der Waals surface area contributed by atoms with E-state index in [1.807, 2.05) is 21.1 Å². The molecule has 0 aromatic carbocycles.